The van der Waals surface area contributed by atoms with Crippen molar-refractivity contribution in [1.29, 1.82) is 0 Å². The molecule has 0 aliphatic carbocycles. The first-order valence-electron chi connectivity index (χ1n) is 10.8. The minimum atomic E-state index is -0.279. The highest BCUT2D eigenvalue weighted by molar-refractivity contribution is 5.93. The van der Waals surface area contributed by atoms with Gasteiger partial charge in [-0.15, -0.1) is 0 Å². The Morgan fingerprint density at radius 3 is 2.56 bits per heavy atom. The molecule has 1 aromatic heterocycles. The normalized spacial score (nSPS) is 14.3. The molecular formula is C25H27N3O4. The Hall–Kier alpha value is -3.61. The molecule has 0 unspecified atom stereocenters. The number of pyridine rings is 1. The Kier molecular flexibility index (Phi) is 6.54. The van der Waals surface area contributed by atoms with E-state index in [1.54, 1.807) is 30.3 Å². The van der Waals surface area contributed by atoms with Gasteiger partial charge in [0, 0.05) is 32.9 Å². The standard InChI is InChI=1S/C25H27N3O4/c1-27-12-4-7-22(24(27)30)25(31)28-13-10-18(11-14-28)16-26-23(29)17-32-21-9-8-19-5-2-3-6-20(19)15-21/h2-9,12,15,18H,10-11,13-14,16-17H2,1H3,(H,26,29). The highest BCUT2D eigenvalue weighted by Gasteiger charge is 2.25. The van der Waals surface area contributed by atoms with Crippen molar-refractivity contribution in [3.05, 3.63) is 76.7 Å². The second-order valence-electron chi connectivity index (χ2n) is 8.18. The summed E-state index contributed by atoms with van der Waals surface area (Å²) in [6, 6.07) is 17.0. The maximum atomic E-state index is 12.7. The maximum absolute atomic E-state index is 12.7. The predicted octanol–water partition coefficient (Wildman–Crippen LogP) is 2.59. The first-order valence-corrected chi connectivity index (χ1v) is 10.8. The molecule has 32 heavy (non-hydrogen) atoms. The number of fused-ring (bicyclic) bond motifs is 1. The van der Waals surface area contributed by atoms with Gasteiger partial charge in [0.15, 0.2) is 6.61 Å². The van der Waals surface area contributed by atoms with Crippen LogP contribution >= 0.6 is 0 Å². The minimum Gasteiger partial charge on any atom is -0.484 e. The van der Waals surface area contributed by atoms with E-state index < -0.39 is 0 Å². The maximum Gasteiger partial charge on any atom is 0.263 e. The lowest BCUT2D eigenvalue weighted by molar-refractivity contribution is -0.123. The first-order chi connectivity index (χ1) is 15.5. The van der Waals surface area contributed by atoms with Gasteiger partial charge in [0.05, 0.1) is 0 Å². The van der Waals surface area contributed by atoms with Crippen LogP contribution in [0.1, 0.15) is 23.2 Å². The van der Waals surface area contributed by atoms with E-state index in [1.165, 1.54) is 4.57 Å². The van der Waals surface area contributed by atoms with Crippen LogP contribution < -0.4 is 15.6 Å². The lowest BCUT2D eigenvalue weighted by atomic mass is 9.96. The summed E-state index contributed by atoms with van der Waals surface area (Å²) < 4.78 is 7.05. The van der Waals surface area contributed by atoms with Gasteiger partial charge in [0.1, 0.15) is 11.3 Å². The minimum absolute atomic E-state index is 0.0347. The average molecular weight is 434 g/mol. The number of piperidine rings is 1. The largest absolute Gasteiger partial charge is 0.484 e. The number of ether oxygens (including phenoxy) is 1. The second-order valence-corrected chi connectivity index (χ2v) is 8.18. The summed E-state index contributed by atoms with van der Waals surface area (Å²) in [5.74, 6) is 0.571. The third-order valence-electron chi connectivity index (χ3n) is 5.93. The number of amides is 2. The van der Waals surface area contributed by atoms with Crippen molar-refractivity contribution in [3.63, 3.8) is 0 Å². The Bertz CT molecular complexity index is 1180. The highest BCUT2D eigenvalue weighted by atomic mass is 16.5. The van der Waals surface area contributed by atoms with Gasteiger partial charge in [-0.3, -0.25) is 14.4 Å². The molecule has 0 spiro atoms. The Balaban J connectivity index is 1.21. The van der Waals surface area contributed by atoms with Gasteiger partial charge >= 0.3 is 0 Å². The molecule has 1 aliphatic rings. The van der Waals surface area contributed by atoms with E-state index in [0.717, 1.165) is 23.6 Å². The number of rotatable bonds is 6. The molecule has 0 atom stereocenters. The zero-order valence-electron chi connectivity index (χ0n) is 18.1. The number of aryl methyl sites for hydroxylation is 1. The number of hydrogen-bond donors (Lipinski definition) is 1. The molecule has 166 valence electrons. The number of carbonyl (C=O) groups is 2. The second kappa shape index (κ2) is 9.68. The fourth-order valence-corrected chi connectivity index (χ4v) is 3.99. The van der Waals surface area contributed by atoms with Crippen LogP contribution in [-0.4, -0.2) is 47.5 Å². The van der Waals surface area contributed by atoms with Gasteiger partial charge in [0.2, 0.25) is 0 Å². The van der Waals surface area contributed by atoms with E-state index >= 15 is 0 Å². The van der Waals surface area contributed by atoms with Crippen LogP contribution in [0.15, 0.2) is 65.6 Å². The number of benzene rings is 2. The summed E-state index contributed by atoms with van der Waals surface area (Å²) in [5.41, 5.74) is -0.0779. The number of hydrogen-bond acceptors (Lipinski definition) is 4. The third kappa shape index (κ3) is 4.99. The zero-order chi connectivity index (χ0) is 22.5. The number of aromatic nitrogens is 1. The lowest BCUT2D eigenvalue weighted by Crippen LogP contribution is -2.43. The Labute approximate surface area is 186 Å². The summed E-state index contributed by atoms with van der Waals surface area (Å²) in [7, 11) is 1.64. The molecule has 2 amide bonds. The van der Waals surface area contributed by atoms with Crippen molar-refractivity contribution in [2.45, 2.75) is 12.8 Å². The quantitative estimate of drug-likeness (QED) is 0.648. The molecule has 7 nitrogen and oxygen atoms in total. The van der Waals surface area contributed by atoms with E-state index in [2.05, 4.69) is 5.32 Å². The number of likely N-dealkylation sites (tertiary alicyclic amines) is 1. The molecule has 0 radical (unpaired) electrons. The summed E-state index contributed by atoms with van der Waals surface area (Å²) in [6.07, 6.45) is 3.20. The molecule has 2 aromatic carbocycles. The topological polar surface area (TPSA) is 80.6 Å². The number of nitrogens with zero attached hydrogens (tertiary/aromatic N) is 2. The van der Waals surface area contributed by atoms with Crippen molar-refractivity contribution in [2.24, 2.45) is 13.0 Å². The Morgan fingerprint density at radius 2 is 1.78 bits per heavy atom. The fourth-order valence-electron chi connectivity index (χ4n) is 3.99. The van der Waals surface area contributed by atoms with Gasteiger partial charge in [-0.2, -0.15) is 0 Å². The van der Waals surface area contributed by atoms with Gasteiger partial charge in [0.25, 0.3) is 17.4 Å². The van der Waals surface area contributed by atoms with E-state index in [0.29, 0.717) is 31.3 Å². The predicted molar refractivity (Wildman–Crippen MR) is 123 cm³/mol. The summed E-state index contributed by atoms with van der Waals surface area (Å²) in [4.78, 5) is 38.8. The zero-order valence-corrected chi connectivity index (χ0v) is 18.1. The monoisotopic (exact) mass is 433 g/mol. The summed E-state index contributed by atoms with van der Waals surface area (Å²) >= 11 is 0. The average Bonchev–Trinajstić information content (AvgIpc) is 2.83. The number of carbonyl (C=O) groups excluding carboxylic acids is 2. The van der Waals surface area contributed by atoms with Crippen LogP contribution in [0.25, 0.3) is 10.8 Å². The van der Waals surface area contributed by atoms with Crippen molar-refractivity contribution < 1.29 is 14.3 Å². The van der Waals surface area contributed by atoms with Gasteiger partial charge < -0.3 is 19.5 Å². The molecule has 2 heterocycles. The van der Waals surface area contributed by atoms with Crippen molar-refractivity contribution in [3.8, 4) is 5.75 Å². The van der Waals surface area contributed by atoms with Gasteiger partial charge in [-0.05, 0) is 53.8 Å². The molecule has 3 aromatic rings. The summed E-state index contributed by atoms with van der Waals surface area (Å²) in [6.45, 7) is 1.66. The van der Waals surface area contributed by atoms with Gasteiger partial charge in [-0.25, -0.2) is 0 Å². The molecule has 7 heteroatoms. The fraction of sp³-hybridized carbons (Fsp3) is 0.320. The molecule has 1 N–H and O–H groups in total. The van der Waals surface area contributed by atoms with Crippen LogP contribution in [0.3, 0.4) is 0 Å². The van der Waals surface area contributed by atoms with Crippen LogP contribution in [0.5, 0.6) is 5.75 Å². The smallest absolute Gasteiger partial charge is 0.263 e. The van der Waals surface area contributed by atoms with E-state index in [9.17, 15) is 14.4 Å². The van der Waals surface area contributed by atoms with Crippen molar-refractivity contribution >= 4 is 22.6 Å². The molecule has 1 fully saturated rings. The molecule has 4 rings (SSSR count). The SMILES string of the molecule is Cn1cccc(C(=O)N2CCC(CNC(=O)COc3ccc4ccccc4c3)CC2)c1=O. The molecule has 0 saturated carbocycles. The van der Waals surface area contributed by atoms with Crippen LogP contribution in [-0.2, 0) is 11.8 Å². The molecule has 0 bridgehead atoms. The van der Waals surface area contributed by atoms with Crippen molar-refractivity contribution in [2.75, 3.05) is 26.2 Å². The van der Waals surface area contributed by atoms with Crippen LogP contribution in [0.2, 0.25) is 0 Å². The van der Waals surface area contributed by atoms with E-state index in [1.807, 2.05) is 42.5 Å². The van der Waals surface area contributed by atoms with Crippen LogP contribution in [0, 0.1) is 5.92 Å². The molecular weight excluding hydrogens is 406 g/mol. The van der Waals surface area contributed by atoms with E-state index in [4.69, 9.17) is 4.74 Å². The molecule has 1 saturated heterocycles. The van der Waals surface area contributed by atoms with Crippen LogP contribution in [0.4, 0.5) is 0 Å². The first kappa shape index (κ1) is 21.6. The molecule has 1 aliphatic heterocycles. The summed E-state index contributed by atoms with van der Waals surface area (Å²) in [5, 5.41) is 5.13. The number of nitrogens with one attached hydrogen (secondary N) is 1. The highest BCUT2D eigenvalue weighted by Crippen LogP contribution is 2.21. The Morgan fingerprint density at radius 1 is 1.03 bits per heavy atom. The van der Waals surface area contributed by atoms with Crippen molar-refractivity contribution in [1.82, 2.24) is 14.8 Å². The third-order valence-corrected chi connectivity index (χ3v) is 5.93. The van der Waals surface area contributed by atoms with Gasteiger partial charge in [-0.1, -0.05) is 30.3 Å². The lowest BCUT2D eigenvalue weighted by Gasteiger charge is -2.32. The van der Waals surface area contributed by atoms with E-state index in [-0.39, 0.29) is 29.5 Å².